The predicted octanol–water partition coefficient (Wildman–Crippen LogP) is 2.38. The monoisotopic (exact) mass is 317 g/mol. The quantitative estimate of drug-likeness (QED) is 0.868. The van der Waals surface area contributed by atoms with E-state index < -0.39 is 0 Å². The molecule has 0 aromatic carbocycles. The summed E-state index contributed by atoms with van der Waals surface area (Å²) in [7, 11) is 0. The van der Waals surface area contributed by atoms with Gasteiger partial charge in [-0.3, -0.25) is 9.58 Å². The molecule has 2 aromatic heterocycles. The van der Waals surface area contributed by atoms with Gasteiger partial charge in [0, 0.05) is 24.2 Å². The van der Waals surface area contributed by atoms with Crippen LogP contribution in [0.5, 0.6) is 0 Å². The molecule has 0 saturated carbocycles. The topological polar surface area (TPSA) is 46.8 Å². The third-order valence-electron chi connectivity index (χ3n) is 4.88. The first-order chi connectivity index (χ1) is 10.8. The summed E-state index contributed by atoms with van der Waals surface area (Å²) in [6.45, 7) is 6.71. The van der Waals surface area contributed by atoms with E-state index in [-0.39, 0.29) is 0 Å². The highest BCUT2D eigenvalue weighted by atomic mass is 32.1. The van der Waals surface area contributed by atoms with Crippen molar-refractivity contribution in [1.29, 1.82) is 0 Å². The molecule has 3 heterocycles. The minimum absolute atomic E-state index is 0.691. The lowest BCUT2D eigenvalue weighted by Gasteiger charge is -2.15. The lowest BCUT2D eigenvalue weighted by molar-refractivity contribution is 0.305. The third kappa shape index (κ3) is 3.08. The summed E-state index contributed by atoms with van der Waals surface area (Å²) in [6, 6.07) is 0. The Morgan fingerprint density at radius 2 is 2.32 bits per heavy atom. The Morgan fingerprint density at radius 3 is 3.18 bits per heavy atom. The zero-order valence-corrected chi connectivity index (χ0v) is 13.9. The SMILES string of the molecule is CC1CCc2nc(CN3CCC(Cn4ccnn4)C3)sc2C1. The molecule has 22 heavy (non-hydrogen) atoms. The average molecular weight is 317 g/mol. The molecule has 0 spiro atoms. The zero-order valence-electron chi connectivity index (χ0n) is 13.1. The summed E-state index contributed by atoms with van der Waals surface area (Å²) in [4.78, 5) is 9.00. The molecule has 2 atom stereocenters. The number of fused-ring (bicyclic) bond motifs is 1. The van der Waals surface area contributed by atoms with Crippen LogP contribution in [-0.4, -0.2) is 38.0 Å². The molecule has 2 unspecified atom stereocenters. The largest absolute Gasteiger partial charge is 0.296 e. The van der Waals surface area contributed by atoms with E-state index in [0.717, 1.165) is 25.6 Å². The first kappa shape index (κ1) is 14.3. The Morgan fingerprint density at radius 1 is 1.36 bits per heavy atom. The molecule has 2 aliphatic rings. The van der Waals surface area contributed by atoms with Gasteiger partial charge in [0.25, 0.3) is 0 Å². The van der Waals surface area contributed by atoms with Crippen LogP contribution in [0.3, 0.4) is 0 Å². The van der Waals surface area contributed by atoms with Gasteiger partial charge in [-0.15, -0.1) is 16.4 Å². The van der Waals surface area contributed by atoms with Crippen molar-refractivity contribution in [3.8, 4) is 0 Å². The molecule has 6 heteroatoms. The maximum Gasteiger partial charge on any atom is 0.107 e. The summed E-state index contributed by atoms with van der Waals surface area (Å²) in [6.07, 6.45) is 8.69. The van der Waals surface area contributed by atoms with Gasteiger partial charge in [0.1, 0.15) is 5.01 Å². The molecule has 0 amide bonds. The lowest BCUT2D eigenvalue weighted by Crippen LogP contribution is -2.21. The Hall–Kier alpha value is -1.27. The highest BCUT2D eigenvalue weighted by Gasteiger charge is 2.25. The van der Waals surface area contributed by atoms with Gasteiger partial charge in [0.2, 0.25) is 0 Å². The molecule has 2 aromatic rings. The second-order valence-electron chi connectivity index (χ2n) is 6.84. The smallest absolute Gasteiger partial charge is 0.107 e. The highest BCUT2D eigenvalue weighted by Crippen LogP contribution is 2.31. The maximum atomic E-state index is 4.90. The van der Waals surface area contributed by atoms with E-state index in [1.807, 2.05) is 22.2 Å². The van der Waals surface area contributed by atoms with Crippen LogP contribution in [0.25, 0.3) is 0 Å². The average Bonchev–Trinajstić information content (AvgIpc) is 3.20. The van der Waals surface area contributed by atoms with Crippen LogP contribution in [0.1, 0.15) is 35.3 Å². The number of nitrogens with zero attached hydrogens (tertiary/aromatic N) is 5. The van der Waals surface area contributed by atoms with E-state index in [0.29, 0.717) is 5.92 Å². The standard InChI is InChI=1S/C16H23N5S/c1-12-2-3-14-15(8-12)22-16(18-14)11-20-6-4-13(9-20)10-21-7-5-17-19-21/h5,7,12-13H,2-4,6,8-11H2,1H3. The second-order valence-corrected chi connectivity index (χ2v) is 8.01. The fraction of sp³-hybridized carbons (Fsp3) is 0.688. The van der Waals surface area contributed by atoms with Crippen molar-refractivity contribution in [2.24, 2.45) is 11.8 Å². The molecular formula is C16H23N5S. The number of hydrogen-bond acceptors (Lipinski definition) is 5. The number of rotatable bonds is 4. The van der Waals surface area contributed by atoms with E-state index >= 15 is 0 Å². The van der Waals surface area contributed by atoms with Crippen molar-refractivity contribution in [3.05, 3.63) is 28.0 Å². The molecule has 4 rings (SSSR count). The van der Waals surface area contributed by atoms with Crippen LogP contribution in [0, 0.1) is 11.8 Å². The van der Waals surface area contributed by atoms with Gasteiger partial charge >= 0.3 is 0 Å². The second kappa shape index (κ2) is 6.08. The predicted molar refractivity (Wildman–Crippen MR) is 86.7 cm³/mol. The molecule has 0 N–H and O–H groups in total. The van der Waals surface area contributed by atoms with Crippen LogP contribution in [0.4, 0.5) is 0 Å². The molecule has 1 aliphatic heterocycles. The van der Waals surface area contributed by atoms with Gasteiger partial charge in [-0.05, 0) is 44.1 Å². The number of likely N-dealkylation sites (tertiary alicyclic amines) is 1. The molecule has 5 nitrogen and oxygen atoms in total. The minimum Gasteiger partial charge on any atom is -0.296 e. The minimum atomic E-state index is 0.691. The van der Waals surface area contributed by atoms with Gasteiger partial charge < -0.3 is 0 Å². The van der Waals surface area contributed by atoms with E-state index in [1.54, 1.807) is 11.1 Å². The zero-order chi connectivity index (χ0) is 14.9. The Kier molecular flexibility index (Phi) is 3.96. The van der Waals surface area contributed by atoms with Crippen LogP contribution >= 0.6 is 11.3 Å². The highest BCUT2D eigenvalue weighted by molar-refractivity contribution is 7.11. The fourth-order valence-corrected chi connectivity index (χ4v) is 4.97. The normalized spacial score (nSPS) is 25.5. The maximum absolute atomic E-state index is 4.90. The molecule has 118 valence electrons. The van der Waals surface area contributed by atoms with E-state index in [9.17, 15) is 0 Å². The van der Waals surface area contributed by atoms with Crippen molar-refractivity contribution in [1.82, 2.24) is 24.9 Å². The fourth-order valence-electron chi connectivity index (χ4n) is 3.65. The number of thiazole rings is 1. The third-order valence-corrected chi connectivity index (χ3v) is 5.98. The Labute approximate surface area is 135 Å². The van der Waals surface area contributed by atoms with Crippen molar-refractivity contribution in [2.45, 2.75) is 45.7 Å². The first-order valence-corrected chi connectivity index (χ1v) is 9.12. The molecule has 0 radical (unpaired) electrons. The molecule has 1 fully saturated rings. The molecular weight excluding hydrogens is 294 g/mol. The summed E-state index contributed by atoms with van der Waals surface area (Å²) in [5.74, 6) is 1.52. The van der Waals surface area contributed by atoms with Gasteiger partial charge in [-0.2, -0.15) is 0 Å². The van der Waals surface area contributed by atoms with Crippen molar-refractivity contribution >= 4 is 11.3 Å². The van der Waals surface area contributed by atoms with Crippen LogP contribution < -0.4 is 0 Å². The Bertz CT molecular complexity index is 621. The molecule has 1 aliphatic carbocycles. The van der Waals surface area contributed by atoms with Crippen LogP contribution in [-0.2, 0) is 25.9 Å². The van der Waals surface area contributed by atoms with E-state index in [1.165, 1.54) is 42.9 Å². The Balaban J connectivity index is 1.34. The van der Waals surface area contributed by atoms with Gasteiger partial charge in [-0.1, -0.05) is 12.1 Å². The lowest BCUT2D eigenvalue weighted by atomic mass is 9.93. The number of aromatic nitrogens is 4. The van der Waals surface area contributed by atoms with Crippen molar-refractivity contribution in [2.75, 3.05) is 13.1 Å². The van der Waals surface area contributed by atoms with Crippen LogP contribution in [0.15, 0.2) is 12.4 Å². The number of aryl methyl sites for hydroxylation is 1. The van der Waals surface area contributed by atoms with Gasteiger partial charge in [-0.25, -0.2) is 4.98 Å². The van der Waals surface area contributed by atoms with E-state index in [4.69, 9.17) is 4.98 Å². The van der Waals surface area contributed by atoms with E-state index in [2.05, 4.69) is 22.1 Å². The molecule has 0 bridgehead atoms. The summed E-state index contributed by atoms with van der Waals surface area (Å²) in [5.41, 5.74) is 1.39. The first-order valence-electron chi connectivity index (χ1n) is 8.30. The number of hydrogen-bond donors (Lipinski definition) is 0. The summed E-state index contributed by atoms with van der Waals surface area (Å²) in [5, 5.41) is 9.28. The molecule has 1 saturated heterocycles. The summed E-state index contributed by atoms with van der Waals surface area (Å²) < 4.78 is 1.96. The van der Waals surface area contributed by atoms with Crippen LogP contribution in [0.2, 0.25) is 0 Å². The van der Waals surface area contributed by atoms with Gasteiger partial charge in [0.15, 0.2) is 0 Å². The summed E-state index contributed by atoms with van der Waals surface area (Å²) >= 11 is 1.95. The van der Waals surface area contributed by atoms with Crippen molar-refractivity contribution < 1.29 is 0 Å². The van der Waals surface area contributed by atoms with Crippen molar-refractivity contribution in [3.63, 3.8) is 0 Å². The van der Waals surface area contributed by atoms with Gasteiger partial charge in [0.05, 0.1) is 18.4 Å².